The van der Waals surface area contributed by atoms with Gasteiger partial charge in [-0.25, -0.2) is 0 Å². The Morgan fingerprint density at radius 3 is 2.43 bits per heavy atom. The molecule has 23 heavy (non-hydrogen) atoms. The van der Waals surface area contributed by atoms with Crippen LogP contribution in [0.1, 0.15) is 21.5 Å². The van der Waals surface area contributed by atoms with E-state index in [0.29, 0.717) is 5.56 Å². The van der Waals surface area contributed by atoms with E-state index in [0.717, 1.165) is 22.0 Å². The summed E-state index contributed by atoms with van der Waals surface area (Å²) in [6, 6.07) is 17.7. The average Bonchev–Trinajstić information content (AvgIpc) is 2.59. The highest BCUT2D eigenvalue weighted by atomic mass is 16.2. The third kappa shape index (κ3) is 3.29. The molecule has 3 rings (SSSR count). The van der Waals surface area contributed by atoms with Crippen molar-refractivity contribution in [3.8, 4) is 0 Å². The highest BCUT2D eigenvalue weighted by Gasteiger charge is 2.06. The first-order chi connectivity index (χ1) is 11.1. The molecule has 1 amide bonds. The van der Waals surface area contributed by atoms with Crippen LogP contribution in [0.15, 0.2) is 60.8 Å². The largest absolute Gasteiger partial charge is 0.345 e. The van der Waals surface area contributed by atoms with Gasteiger partial charge in [0.15, 0.2) is 0 Å². The Labute approximate surface area is 135 Å². The Morgan fingerprint density at radius 1 is 0.957 bits per heavy atom. The summed E-state index contributed by atoms with van der Waals surface area (Å²) in [6.07, 6.45) is 5.94. The van der Waals surface area contributed by atoms with E-state index < -0.39 is 0 Å². The molecule has 3 heteroatoms. The van der Waals surface area contributed by atoms with E-state index in [-0.39, 0.29) is 5.91 Å². The minimum atomic E-state index is 0.0145. The van der Waals surface area contributed by atoms with Crippen LogP contribution >= 0.6 is 0 Å². The second-order valence-corrected chi connectivity index (χ2v) is 5.57. The quantitative estimate of drug-likeness (QED) is 0.729. The van der Waals surface area contributed by atoms with Crippen molar-refractivity contribution in [2.75, 3.05) is 14.1 Å². The highest BCUT2D eigenvalue weighted by molar-refractivity contribution is 5.94. The first-order valence-electron chi connectivity index (χ1n) is 7.49. The van der Waals surface area contributed by atoms with Crippen LogP contribution in [0.3, 0.4) is 0 Å². The van der Waals surface area contributed by atoms with Gasteiger partial charge in [-0.3, -0.25) is 9.78 Å². The Kier molecular flexibility index (Phi) is 4.20. The second kappa shape index (κ2) is 6.44. The molecule has 0 spiro atoms. The molecule has 0 aliphatic rings. The van der Waals surface area contributed by atoms with Crippen molar-refractivity contribution >= 4 is 29.0 Å². The van der Waals surface area contributed by atoms with E-state index in [1.54, 1.807) is 19.0 Å². The molecule has 1 aromatic heterocycles. The SMILES string of the molecule is CN(C)C(=O)c1ccc(/C=C/c2ccnc3ccccc23)cc1. The Hall–Kier alpha value is -2.94. The molecule has 0 radical (unpaired) electrons. The maximum absolute atomic E-state index is 11.9. The number of hydrogen-bond acceptors (Lipinski definition) is 2. The number of aromatic nitrogens is 1. The van der Waals surface area contributed by atoms with Crippen LogP contribution in [0.2, 0.25) is 0 Å². The number of carbonyl (C=O) groups is 1. The molecule has 0 fully saturated rings. The molecule has 3 aromatic rings. The van der Waals surface area contributed by atoms with Gasteiger partial charge in [0.1, 0.15) is 0 Å². The minimum Gasteiger partial charge on any atom is -0.345 e. The van der Waals surface area contributed by atoms with Crippen LogP contribution in [0.5, 0.6) is 0 Å². The first kappa shape index (κ1) is 15.0. The fraction of sp³-hybridized carbons (Fsp3) is 0.100. The molecule has 3 nitrogen and oxygen atoms in total. The summed E-state index contributed by atoms with van der Waals surface area (Å²) >= 11 is 0. The first-order valence-corrected chi connectivity index (χ1v) is 7.49. The van der Waals surface area contributed by atoms with Gasteiger partial charge >= 0.3 is 0 Å². The monoisotopic (exact) mass is 302 g/mol. The fourth-order valence-electron chi connectivity index (χ4n) is 2.44. The summed E-state index contributed by atoms with van der Waals surface area (Å²) in [6.45, 7) is 0. The van der Waals surface area contributed by atoms with Crippen LogP contribution in [0.25, 0.3) is 23.1 Å². The number of fused-ring (bicyclic) bond motifs is 1. The summed E-state index contributed by atoms with van der Waals surface area (Å²) in [5, 5.41) is 1.13. The van der Waals surface area contributed by atoms with Crippen molar-refractivity contribution in [2.45, 2.75) is 0 Å². The standard InChI is InChI=1S/C20H18N2O/c1-22(2)20(23)17-11-8-15(9-12-17)7-10-16-13-14-21-19-6-4-3-5-18(16)19/h3-14H,1-2H3/b10-7+. The number of para-hydroxylation sites is 1. The van der Waals surface area contributed by atoms with Crippen molar-refractivity contribution in [2.24, 2.45) is 0 Å². The molecule has 0 saturated heterocycles. The average molecular weight is 302 g/mol. The highest BCUT2D eigenvalue weighted by Crippen LogP contribution is 2.19. The zero-order valence-corrected chi connectivity index (χ0v) is 13.2. The third-order valence-corrected chi connectivity index (χ3v) is 3.70. The Balaban J connectivity index is 1.86. The number of hydrogen-bond donors (Lipinski definition) is 0. The Bertz CT molecular complexity index is 859. The number of carbonyl (C=O) groups excluding carboxylic acids is 1. The summed E-state index contributed by atoms with van der Waals surface area (Å²) in [7, 11) is 3.51. The van der Waals surface area contributed by atoms with Gasteiger partial charge in [-0.1, -0.05) is 42.5 Å². The van der Waals surface area contributed by atoms with Gasteiger partial charge in [0.25, 0.3) is 5.91 Å². The molecule has 0 saturated carbocycles. The number of rotatable bonds is 3. The summed E-state index contributed by atoms with van der Waals surface area (Å²) in [5.74, 6) is 0.0145. The summed E-state index contributed by atoms with van der Waals surface area (Å²) in [5.41, 5.74) is 3.87. The molecule has 114 valence electrons. The fourth-order valence-corrected chi connectivity index (χ4v) is 2.44. The Morgan fingerprint density at radius 2 is 1.70 bits per heavy atom. The van der Waals surface area contributed by atoms with Crippen molar-refractivity contribution in [3.63, 3.8) is 0 Å². The molecule has 0 unspecified atom stereocenters. The van der Waals surface area contributed by atoms with E-state index in [1.165, 1.54) is 0 Å². The van der Waals surface area contributed by atoms with E-state index in [9.17, 15) is 4.79 Å². The maximum atomic E-state index is 11.9. The van der Waals surface area contributed by atoms with Crippen molar-refractivity contribution < 1.29 is 4.79 Å². The molecule has 0 aliphatic carbocycles. The minimum absolute atomic E-state index is 0.0145. The lowest BCUT2D eigenvalue weighted by atomic mass is 10.1. The van der Waals surface area contributed by atoms with Crippen LogP contribution in [0, 0.1) is 0 Å². The third-order valence-electron chi connectivity index (χ3n) is 3.70. The maximum Gasteiger partial charge on any atom is 0.253 e. The van der Waals surface area contributed by atoms with E-state index in [2.05, 4.69) is 17.1 Å². The van der Waals surface area contributed by atoms with Crippen LogP contribution < -0.4 is 0 Å². The lowest BCUT2D eigenvalue weighted by Crippen LogP contribution is -2.21. The van der Waals surface area contributed by atoms with Crippen LogP contribution in [0.4, 0.5) is 0 Å². The van der Waals surface area contributed by atoms with Crippen molar-refractivity contribution in [1.29, 1.82) is 0 Å². The smallest absolute Gasteiger partial charge is 0.253 e. The lowest BCUT2D eigenvalue weighted by molar-refractivity contribution is 0.0827. The molecule has 0 atom stereocenters. The van der Waals surface area contributed by atoms with Gasteiger partial charge in [-0.05, 0) is 35.4 Å². The van der Waals surface area contributed by atoms with Gasteiger partial charge in [0.05, 0.1) is 5.52 Å². The van der Waals surface area contributed by atoms with Gasteiger partial charge in [0, 0.05) is 31.2 Å². The summed E-state index contributed by atoms with van der Waals surface area (Å²) < 4.78 is 0. The number of nitrogens with zero attached hydrogens (tertiary/aromatic N) is 2. The number of amides is 1. The van der Waals surface area contributed by atoms with Gasteiger partial charge < -0.3 is 4.90 Å². The predicted molar refractivity (Wildman–Crippen MR) is 95.1 cm³/mol. The molecular formula is C20H18N2O. The van der Waals surface area contributed by atoms with E-state index >= 15 is 0 Å². The molecular weight excluding hydrogens is 284 g/mol. The zero-order valence-electron chi connectivity index (χ0n) is 13.2. The summed E-state index contributed by atoms with van der Waals surface area (Å²) in [4.78, 5) is 17.8. The normalized spacial score (nSPS) is 11.0. The second-order valence-electron chi connectivity index (χ2n) is 5.57. The molecule has 0 N–H and O–H groups in total. The van der Waals surface area contributed by atoms with Gasteiger partial charge in [-0.2, -0.15) is 0 Å². The van der Waals surface area contributed by atoms with Gasteiger partial charge in [-0.15, -0.1) is 0 Å². The zero-order chi connectivity index (χ0) is 16.2. The molecule has 2 aromatic carbocycles. The van der Waals surface area contributed by atoms with Crippen molar-refractivity contribution in [3.05, 3.63) is 77.5 Å². The van der Waals surface area contributed by atoms with Crippen molar-refractivity contribution in [1.82, 2.24) is 9.88 Å². The predicted octanol–water partition coefficient (Wildman–Crippen LogP) is 4.11. The van der Waals surface area contributed by atoms with E-state index in [1.807, 2.05) is 60.8 Å². The van der Waals surface area contributed by atoms with Crippen LogP contribution in [-0.2, 0) is 0 Å². The van der Waals surface area contributed by atoms with Crippen LogP contribution in [-0.4, -0.2) is 29.9 Å². The lowest BCUT2D eigenvalue weighted by Gasteiger charge is -2.09. The number of benzene rings is 2. The van der Waals surface area contributed by atoms with E-state index in [4.69, 9.17) is 0 Å². The molecule has 0 bridgehead atoms. The topological polar surface area (TPSA) is 33.2 Å². The number of pyridine rings is 1. The molecule has 1 heterocycles. The van der Waals surface area contributed by atoms with Gasteiger partial charge in [0.2, 0.25) is 0 Å². The molecule has 0 aliphatic heterocycles.